The highest BCUT2D eigenvalue weighted by atomic mass is 31.2. The van der Waals surface area contributed by atoms with E-state index in [1.54, 1.807) is 6.08 Å². The van der Waals surface area contributed by atoms with Crippen molar-refractivity contribution >= 4 is 13.7 Å². The van der Waals surface area contributed by atoms with Crippen molar-refractivity contribution in [3.8, 4) is 0 Å². The maximum atomic E-state index is 12.8. The molecule has 0 saturated carbocycles. The summed E-state index contributed by atoms with van der Waals surface area (Å²) in [7, 11) is 1.57. The molecule has 332 valence electrons. The normalized spacial score (nSPS) is 14.5. The first kappa shape index (κ1) is 55.0. The van der Waals surface area contributed by atoms with Gasteiger partial charge in [-0.2, -0.15) is 0 Å². The van der Waals surface area contributed by atoms with E-state index in [1.807, 2.05) is 27.2 Å². The summed E-state index contributed by atoms with van der Waals surface area (Å²) in [5.41, 5.74) is 0. The third kappa shape index (κ3) is 41.2. The number of likely N-dealkylation sites (N-methyl/N-ethyl adjacent to an activating group) is 1. The molecule has 8 nitrogen and oxygen atoms in total. The molecular formula is C47H94N2O6P+. The lowest BCUT2D eigenvalue weighted by molar-refractivity contribution is -0.870. The van der Waals surface area contributed by atoms with E-state index in [-0.39, 0.29) is 19.1 Å². The Morgan fingerprint density at radius 3 is 1.38 bits per heavy atom. The van der Waals surface area contributed by atoms with Gasteiger partial charge in [-0.1, -0.05) is 192 Å². The summed E-state index contributed by atoms with van der Waals surface area (Å²) in [4.78, 5) is 23.1. The molecule has 0 rings (SSSR count). The number of phosphoric ester groups is 1. The van der Waals surface area contributed by atoms with Crippen LogP contribution in [-0.4, -0.2) is 73.4 Å². The number of rotatable bonds is 43. The van der Waals surface area contributed by atoms with Crippen molar-refractivity contribution in [2.45, 2.75) is 231 Å². The Balaban J connectivity index is 4.13. The smallest absolute Gasteiger partial charge is 0.387 e. The van der Waals surface area contributed by atoms with Crippen LogP contribution < -0.4 is 5.32 Å². The summed E-state index contributed by atoms with van der Waals surface area (Å²) in [5.74, 6) is -0.181. The predicted molar refractivity (Wildman–Crippen MR) is 240 cm³/mol. The largest absolute Gasteiger partial charge is 0.472 e. The monoisotopic (exact) mass is 814 g/mol. The maximum absolute atomic E-state index is 12.8. The lowest BCUT2D eigenvalue weighted by atomic mass is 10.0. The molecular weight excluding hydrogens is 719 g/mol. The number of aliphatic hydroxyl groups excluding tert-OH is 1. The van der Waals surface area contributed by atoms with Gasteiger partial charge in [0.2, 0.25) is 5.91 Å². The van der Waals surface area contributed by atoms with Crippen LogP contribution in [0.3, 0.4) is 0 Å². The van der Waals surface area contributed by atoms with Gasteiger partial charge >= 0.3 is 7.82 Å². The first-order valence-electron chi connectivity index (χ1n) is 23.7. The highest BCUT2D eigenvalue weighted by Gasteiger charge is 2.27. The van der Waals surface area contributed by atoms with E-state index in [4.69, 9.17) is 9.05 Å². The summed E-state index contributed by atoms with van der Waals surface area (Å²) >= 11 is 0. The number of unbranched alkanes of at least 4 members (excludes halogenated alkanes) is 28. The molecule has 0 bridgehead atoms. The topological polar surface area (TPSA) is 105 Å². The molecule has 3 unspecified atom stereocenters. The molecule has 0 saturated heterocycles. The third-order valence-corrected chi connectivity index (χ3v) is 11.6. The van der Waals surface area contributed by atoms with Gasteiger partial charge in [0.15, 0.2) is 0 Å². The summed E-state index contributed by atoms with van der Waals surface area (Å²) in [6.07, 6.45) is 47.0. The first-order chi connectivity index (χ1) is 27.0. The summed E-state index contributed by atoms with van der Waals surface area (Å²) in [5, 5.41) is 13.8. The van der Waals surface area contributed by atoms with Crippen molar-refractivity contribution in [3.63, 3.8) is 0 Å². The van der Waals surface area contributed by atoms with Gasteiger partial charge in [-0.3, -0.25) is 13.8 Å². The highest BCUT2D eigenvalue weighted by Crippen LogP contribution is 2.43. The van der Waals surface area contributed by atoms with E-state index < -0.39 is 20.0 Å². The van der Waals surface area contributed by atoms with Crippen LogP contribution in [0.25, 0.3) is 0 Å². The van der Waals surface area contributed by atoms with Gasteiger partial charge in [-0.25, -0.2) is 4.57 Å². The van der Waals surface area contributed by atoms with Crippen molar-refractivity contribution in [1.29, 1.82) is 0 Å². The number of carbonyl (C=O) groups is 1. The zero-order chi connectivity index (χ0) is 41.4. The number of aliphatic hydroxyl groups is 1. The van der Waals surface area contributed by atoms with E-state index in [0.29, 0.717) is 17.4 Å². The van der Waals surface area contributed by atoms with Crippen molar-refractivity contribution in [2.75, 3.05) is 40.9 Å². The van der Waals surface area contributed by atoms with Crippen molar-refractivity contribution in [1.82, 2.24) is 5.32 Å². The van der Waals surface area contributed by atoms with Crippen LogP contribution in [0.15, 0.2) is 24.3 Å². The minimum Gasteiger partial charge on any atom is -0.387 e. The van der Waals surface area contributed by atoms with Crippen LogP contribution in [0.2, 0.25) is 0 Å². The molecule has 0 aromatic carbocycles. The molecule has 9 heteroatoms. The number of hydrogen-bond acceptors (Lipinski definition) is 5. The molecule has 0 radical (unpaired) electrons. The molecule has 0 aromatic rings. The van der Waals surface area contributed by atoms with E-state index >= 15 is 0 Å². The first-order valence-corrected chi connectivity index (χ1v) is 25.2. The molecule has 3 N–H and O–H groups in total. The zero-order valence-corrected chi connectivity index (χ0v) is 38.5. The number of nitrogens with zero attached hydrogens (tertiary/aromatic N) is 1. The summed E-state index contributed by atoms with van der Waals surface area (Å²) in [6, 6.07) is -0.843. The fourth-order valence-corrected chi connectivity index (χ4v) is 7.60. The lowest BCUT2D eigenvalue weighted by Crippen LogP contribution is -2.45. The Bertz CT molecular complexity index is 969. The molecule has 0 fully saturated rings. The summed E-state index contributed by atoms with van der Waals surface area (Å²) in [6.45, 7) is 4.79. The molecule has 3 atom stereocenters. The molecule has 0 aliphatic rings. The standard InChI is InChI=1S/C47H93N2O6P/c1-6-8-10-12-14-16-17-18-19-20-21-22-23-24-25-26-27-28-29-30-31-33-35-37-39-41-47(51)48-45(44-55-56(52,53)54-43-42-49(3,4)5)46(50)40-38-36-34-32-15-13-11-9-7-2/h24-25,38,40,45-46,50H,6-23,26-37,39,41-44H2,1-5H3,(H-,48,51,52,53)/p+1/b25-24-,40-38+. The molecule has 0 aromatic heterocycles. The van der Waals surface area contributed by atoms with Gasteiger partial charge in [0.05, 0.1) is 39.9 Å². The average Bonchev–Trinajstić information content (AvgIpc) is 3.15. The van der Waals surface area contributed by atoms with Gasteiger partial charge in [0, 0.05) is 6.42 Å². The van der Waals surface area contributed by atoms with E-state index in [2.05, 4.69) is 31.3 Å². The van der Waals surface area contributed by atoms with E-state index in [1.165, 1.54) is 161 Å². The van der Waals surface area contributed by atoms with Gasteiger partial charge in [0.1, 0.15) is 13.2 Å². The van der Waals surface area contributed by atoms with Crippen molar-refractivity contribution in [2.24, 2.45) is 0 Å². The van der Waals surface area contributed by atoms with Crippen LogP contribution in [0, 0.1) is 0 Å². The molecule has 56 heavy (non-hydrogen) atoms. The number of nitrogens with one attached hydrogen (secondary N) is 1. The van der Waals surface area contributed by atoms with Gasteiger partial charge in [-0.05, 0) is 44.9 Å². The maximum Gasteiger partial charge on any atom is 0.472 e. The zero-order valence-electron chi connectivity index (χ0n) is 37.6. The van der Waals surface area contributed by atoms with Crippen LogP contribution >= 0.6 is 7.82 Å². The number of allylic oxidation sites excluding steroid dienone is 3. The number of amides is 1. The van der Waals surface area contributed by atoms with E-state index in [9.17, 15) is 19.4 Å². The van der Waals surface area contributed by atoms with Crippen molar-refractivity contribution < 1.29 is 32.9 Å². The Morgan fingerprint density at radius 2 is 0.964 bits per heavy atom. The Labute approximate surface area is 347 Å². The minimum absolute atomic E-state index is 0.0619. The molecule has 0 spiro atoms. The SMILES string of the molecule is CCCCCCCCC/C=C/C(O)C(COP(=O)(O)OCC[N+](C)(C)C)NC(=O)CCCCCCCCCCC/C=C\CCCCCCCCCCCCCC. The van der Waals surface area contributed by atoms with E-state index in [0.717, 1.165) is 38.5 Å². The van der Waals surface area contributed by atoms with Crippen molar-refractivity contribution in [3.05, 3.63) is 24.3 Å². The lowest BCUT2D eigenvalue weighted by Gasteiger charge is -2.25. The summed E-state index contributed by atoms with van der Waals surface area (Å²) < 4.78 is 23.5. The third-order valence-electron chi connectivity index (χ3n) is 10.7. The fourth-order valence-electron chi connectivity index (χ4n) is 6.86. The second kappa shape index (κ2) is 39.4. The Hall–Kier alpha value is -1.02. The Kier molecular flexibility index (Phi) is 38.7. The van der Waals surface area contributed by atoms with Crippen LogP contribution in [-0.2, 0) is 18.4 Å². The van der Waals surface area contributed by atoms with Gasteiger partial charge < -0.3 is 19.8 Å². The minimum atomic E-state index is -4.33. The molecule has 0 heterocycles. The highest BCUT2D eigenvalue weighted by molar-refractivity contribution is 7.47. The number of quaternary nitrogens is 1. The average molecular weight is 814 g/mol. The number of carbonyl (C=O) groups excluding carboxylic acids is 1. The number of phosphoric acid groups is 1. The fraction of sp³-hybridized carbons (Fsp3) is 0.894. The van der Waals surface area contributed by atoms with Gasteiger partial charge in [0.25, 0.3) is 0 Å². The predicted octanol–water partition coefficient (Wildman–Crippen LogP) is 13.3. The molecule has 1 amide bonds. The molecule has 0 aliphatic heterocycles. The van der Waals surface area contributed by atoms with Crippen LogP contribution in [0.1, 0.15) is 219 Å². The Morgan fingerprint density at radius 1 is 0.589 bits per heavy atom. The van der Waals surface area contributed by atoms with Crippen LogP contribution in [0.5, 0.6) is 0 Å². The second-order valence-electron chi connectivity index (χ2n) is 17.5. The van der Waals surface area contributed by atoms with Crippen LogP contribution in [0.4, 0.5) is 0 Å². The molecule has 0 aliphatic carbocycles. The second-order valence-corrected chi connectivity index (χ2v) is 18.9. The quantitative estimate of drug-likeness (QED) is 0.0245. The van der Waals surface area contributed by atoms with Gasteiger partial charge in [-0.15, -0.1) is 0 Å². The number of hydrogen-bond donors (Lipinski definition) is 3.